The van der Waals surface area contributed by atoms with Crippen LogP contribution in [0.1, 0.15) is 49.8 Å². The minimum atomic E-state index is -0.513. The zero-order valence-electron chi connectivity index (χ0n) is 18.2. The number of hydrogen-bond acceptors (Lipinski definition) is 4. The first-order chi connectivity index (χ1) is 14.8. The van der Waals surface area contributed by atoms with E-state index < -0.39 is 5.97 Å². The highest BCUT2D eigenvalue weighted by atomic mass is 35.5. The van der Waals surface area contributed by atoms with E-state index in [0.717, 1.165) is 35.2 Å². The van der Waals surface area contributed by atoms with E-state index >= 15 is 0 Å². The Morgan fingerprint density at radius 3 is 2.23 bits per heavy atom. The lowest BCUT2D eigenvalue weighted by Gasteiger charge is -2.14. The third-order valence-corrected chi connectivity index (χ3v) is 5.28. The van der Waals surface area contributed by atoms with E-state index in [9.17, 15) is 14.4 Å². The Hall–Kier alpha value is -2.86. The number of anilines is 2. The van der Waals surface area contributed by atoms with E-state index in [2.05, 4.69) is 10.6 Å². The van der Waals surface area contributed by atoms with Crippen molar-refractivity contribution in [1.82, 2.24) is 0 Å². The molecule has 0 saturated heterocycles. The van der Waals surface area contributed by atoms with Crippen molar-refractivity contribution >= 4 is 40.8 Å². The molecule has 2 N–H and O–H groups in total. The van der Waals surface area contributed by atoms with Crippen molar-refractivity contribution in [3.8, 4) is 0 Å². The van der Waals surface area contributed by atoms with E-state index in [1.807, 2.05) is 45.0 Å². The molecule has 0 heterocycles. The maximum atomic E-state index is 12.2. The first kappa shape index (κ1) is 24.4. The molecule has 0 atom stereocenters. The number of esters is 1. The number of benzene rings is 2. The Bertz CT molecular complexity index is 921. The summed E-state index contributed by atoms with van der Waals surface area (Å²) in [6.45, 7) is 5.57. The SMILES string of the molecule is CCc1cccc(CC)c1NC(=O)COC(=O)CCCC(=O)Nc1ccc(C)c(Cl)c1. The van der Waals surface area contributed by atoms with Gasteiger partial charge in [-0.3, -0.25) is 14.4 Å². The number of halogens is 1. The van der Waals surface area contributed by atoms with Crippen molar-refractivity contribution in [1.29, 1.82) is 0 Å². The molecule has 2 rings (SSSR count). The Balaban J connectivity index is 1.72. The molecule has 0 aliphatic rings. The van der Waals surface area contributed by atoms with Gasteiger partial charge in [0.15, 0.2) is 6.61 Å². The Morgan fingerprint density at radius 1 is 0.935 bits per heavy atom. The topological polar surface area (TPSA) is 84.5 Å². The maximum absolute atomic E-state index is 12.2. The summed E-state index contributed by atoms with van der Waals surface area (Å²) in [4.78, 5) is 36.2. The summed E-state index contributed by atoms with van der Waals surface area (Å²) in [6.07, 6.45) is 2.13. The molecule has 2 amide bonds. The fraction of sp³-hybridized carbons (Fsp3) is 0.375. The highest BCUT2D eigenvalue weighted by Gasteiger charge is 2.13. The molecule has 6 nitrogen and oxygen atoms in total. The fourth-order valence-electron chi connectivity index (χ4n) is 3.08. The zero-order chi connectivity index (χ0) is 22.8. The molecule has 2 aromatic carbocycles. The number of rotatable bonds is 10. The normalized spacial score (nSPS) is 10.5. The van der Waals surface area contributed by atoms with Gasteiger partial charge in [-0.1, -0.05) is 49.7 Å². The summed E-state index contributed by atoms with van der Waals surface area (Å²) in [5, 5.41) is 6.17. The summed E-state index contributed by atoms with van der Waals surface area (Å²) in [6, 6.07) is 11.2. The summed E-state index contributed by atoms with van der Waals surface area (Å²) < 4.78 is 5.05. The predicted molar refractivity (Wildman–Crippen MR) is 123 cm³/mol. The Morgan fingerprint density at radius 2 is 1.61 bits per heavy atom. The van der Waals surface area contributed by atoms with Crippen molar-refractivity contribution in [2.24, 2.45) is 0 Å². The molecule has 0 bridgehead atoms. The van der Waals surface area contributed by atoms with Gasteiger partial charge in [-0.15, -0.1) is 0 Å². The molecule has 0 aliphatic carbocycles. The van der Waals surface area contributed by atoms with Crippen LogP contribution in [0.2, 0.25) is 5.02 Å². The first-order valence-electron chi connectivity index (χ1n) is 10.5. The number of hydrogen-bond donors (Lipinski definition) is 2. The van der Waals surface area contributed by atoms with Gasteiger partial charge in [-0.2, -0.15) is 0 Å². The van der Waals surface area contributed by atoms with Crippen molar-refractivity contribution in [3.63, 3.8) is 0 Å². The minimum Gasteiger partial charge on any atom is -0.456 e. The Kier molecular flexibility index (Phi) is 9.53. The molecule has 7 heteroatoms. The standard InChI is InChI=1S/C24H29ClN2O4/c1-4-17-8-6-9-18(5-2)24(17)27-22(29)15-31-23(30)11-7-10-21(28)26-19-13-12-16(3)20(25)14-19/h6,8-9,12-14H,4-5,7,10-11,15H2,1-3H3,(H,26,28)(H,27,29). The van der Waals surface area contributed by atoms with E-state index in [0.29, 0.717) is 17.1 Å². The Labute approximate surface area is 188 Å². The molecule has 31 heavy (non-hydrogen) atoms. The number of aryl methyl sites for hydroxylation is 3. The molecule has 0 aromatic heterocycles. The van der Waals surface area contributed by atoms with Gasteiger partial charge in [0.2, 0.25) is 5.91 Å². The minimum absolute atomic E-state index is 0.0567. The maximum Gasteiger partial charge on any atom is 0.306 e. The zero-order valence-corrected chi connectivity index (χ0v) is 19.0. The third-order valence-electron chi connectivity index (χ3n) is 4.87. The highest BCUT2D eigenvalue weighted by molar-refractivity contribution is 6.31. The molecule has 0 spiro atoms. The molecule has 0 unspecified atom stereocenters. The number of carbonyl (C=O) groups excluding carboxylic acids is 3. The fourth-order valence-corrected chi connectivity index (χ4v) is 3.26. The van der Waals surface area contributed by atoms with Crippen molar-refractivity contribution < 1.29 is 19.1 Å². The van der Waals surface area contributed by atoms with Crippen LogP contribution in [-0.4, -0.2) is 24.4 Å². The first-order valence-corrected chi connectivity index (χ1v) is 10.8. The smallest absolute Gasteiger partial charge is 0.306 e. The highest BCUT2D eigenvalue weighted by Crippen LogP contribution is 2.22. The lowest BCUT2D eigenvalue weighted by molar-refractivity contribution is -0.147. The number of nitrogens with one attached hydrogen (secondary N) is 2. The summed E-state index contributed by atoms with van der Waals surface area (Å²) >= 11 is 6.04. The predicted octanol–water partition coefficient (Wildman–Crippen LogP) is 5.06. The van der Waals surface area contributed by atoms with Crippen LogP contribution in [0.25, 0.3) is 0 Å². The van der Waals surface area contributed by atoms with Gasteiger partial charge in [0.05, 0.1) is 0 Å². The number of para-hydroxylation sites is 1. The third kappa shape index (κ3) is 7.72. The van der Waals surface area contributed by atoms with Crippen LogP contribution >= 0.6 is 11.6 Å². The average molecular weight is 445 g/mol. The average Bonchev–Trinajstić information content (AvgIpc) is 2.75. The molecule has 2 aromatic rings. The van der Waals surface area contributed by atoms with Crippen LogP contribution in [0.4, 0.5) is 11.4 Å². The van der Waals surface area contributed by atoms with Crippen LogP contribution in [0.3, 0.4) is 0 Å². The molecule has 0 saturated carbocycles. The van der Waals surface area contributed by atoms with Gasteiger partial charge < -0.3 is 15.4 Å². The lowest BCUT2D eigenvalue weighted by atomic mass is 10.0. The summed E-state index contributed by atoms with van der Waals surface area (Å²) in [5.74, 6) is -1.10. The van der Waals surface area contributed by atoms with Crippen molar-refractivity contribution in [3.05, 3.63) is 58.1 Å². The number of amides is 2. The van der Waals surface area contributed by atoms with Gasteiger partial charge in [-0.25, -0.2) is 0 Å². The summed E-state index contributed by atoms with van der Waals surface area (Å²) in [7, 11) is 0. The van der Waals surface area contributed by atoms with Crippen molar-refractivity contribution in [2.45, 2.75) is 52.9 Å². The second-order valence-electron chi connectivity index (χ2n) is 7.23. The second-order valence-corrected chi connectivity index (χ2v) is 7.64. The van der Waals surface area contributed by atoms with Crippen LogP contribution < -0.4 is 10.6 Å². The molecular weight excluding hydrogens is 416 g/mol. The van der Waals surface area contributed by atoms with E-state index in [1.165, 1.54) is 0 Å². The number of carbonyl (C=O) groups is 3. The largest absolute Gasteiger partial charge is 0.456 e. The van der Waals surface area contributed by atoms with Crippen LogP contribution in [0.5, 0.6) is 0 Å². The molecular formula is C24H29ClN2O4. The van der Waals surface area contributed by atoms with E-state index in [4.69, 9.17) is 16.3 Å². The van der Waals surface area contributed by atoms with Crippen molar-refractivity contribution in [2.75, 3.05) is 17.2 Å². The molecule has 0 fully saturated rings. The lowest BCUT2D eigenvalue weighted by Crippen LogP contribution is -2.22. The van der Waals surface area contributed by atoms with Crippen LogP contribution in [0, 0.1) is 6.92 Å². The second kappa shape index (κ2) is 12.1. The van der Waals surface area contributed by atoms with E-state index in [-0.39, 0.29) is 31.3 Å². The van der Waals surface area contributed by atoms with Gasteiger partial charge in [0, 0.05) is 29.2 Å². The van der Waals surface area contributed by atoms with E-state index in [1.54, 1.807) is 12.1 Å². The quantitative estimate of drug-likeness (QED) is 0.501. The summed E-state index contributed by atoms with van der Waals surface area (Å²) in [5.41, 5.74) is 4.41. The van der Waals surface area contributed by atoms with Crippen LogP contribution in [-0.2, 0) is 32.0 Å². The van der Waals surface area contributed by atoms with Gasteiger partial charge in [-0.05, 0) is 55.0 Å². The molecule has 0 radical (unpaired) electrons. The molecule has 0 aliphatic heterocycles. The molecule has 166 valence electrons. The van der Waals surface area contributed by atoms with Crippen LogP contribution in [0.15, 0.2) is 36.4 Å². The van der Waals surface area contributed by atoms with Gasteiger partial charge >= 0.3 is 5.97 Å². The number of ether oxygens (including phenoxy) is 1. The van der Waals surface area contributed by atoms with Gasteiger partial charge in [0.25, 0.3) is 5.91 Å². The monoisotopic (exact) mass is 444 g/mol. The van der Waals surface area contributed by atoms with Gasteiger partial charge in [0.1, 0.15) is 0 Å².